The van der Waals surface area contributed by atoms with Gasteiger partial charge in [-0.2, -0.15) is 0 Å². The van der Waals surface area contributed by atoms with Crippen molar-refractivity contribution in [2.75, 3.05) is 30.8 Å². The van der Waals surface area contributed by atoms with Crippen molar-refractivity contribution < 1.29 is 22.7 Å². The van der Waals surface area contributed by atoms with Crippen LogP contribution in [0.2, 0.25) is 5.02 Å². The lowest BCUT2D eigenvalue weighted by Gasteiger charge is -2.34. The Morgan fingerprint density at radius 2 is 1.68 bits per heavy atom. The van der Waals surface area contributed by atoms with Gasteiger partial charge in [0.15, 0.2) is 0 Å². The minimum absolute atomic E-state index is 0.0703. The van der Waals surface area contributed by atoms with E-state index in [0.29, 0.717) is 28.6 Å². The molecule has 1 atom stereocenters. The summed E-state index contributed by atoms with van der Waals surface area (Å²) in [6, 6.07) is 20.7. The summed E-state index contributed by atoms with van der Waals surface area (Å²) in [4.78, 5) is 29.3. The molecular formula is C31H38ClN3O5S. The van der Waals surface area contributed by atoms with Crippen molar-refractivity contribution in [3.63, 3.8) is 0 Å². The van der Waals surface area contributed by atoms with E-state index in [9.17, 15) is 18.0 Å². The van der Waals surface area contributed by atoms with Gasteiger partial charge in [0.2, 0.25) is 21.8 Å². The molecule has 0 aliphatic rings. The molecule has 3 rings (SSSR count). The average molecular weight is 600 g/mol. The van der Waals surface area contributed by atoms with Gasteiger partial charge in [-0.3, -0.25) is 13.9 Å². The second kappa shape index (κ2) is 14.9. The van der Waals surface area contributed by atoms with Crippen molar-refractivity contribution in [1.82, 2.24) is 10.2 Å². The van der Waals surface area contributed by atoms with Gasteiger partial charge in [0.25, 0.3) is 0 Å². The summed E-state index contributed by atoms with van der Waals surface area (Å²) in [6.07, 6.45) is 3.00. The molecule has 8 nitrogen and oxygen atoms in total. The maximum absolute atomic E-state index is 14.2. The van der Waals surface area contributed by atoms with Gasteiger partial charge >= 0.3 is 0 Å². The van der Waals surface area contributed by atoms with E-state index in [4.69, 9.17) is 16.3 Å². The number of ether oxygens (including phenoxy) is 1. The molecule has 220 valence electrons. The fraction of sp³-hybridized carbons (Fsp3) is 0.355. The number of rotatable bonds is 14. The van der Waals surface area contributed by atoms with Gasteiger partial charge in [0.05, 0.1) is 19.1 Å². The number of methoxy groups -OCH3 is 1. The number of amides is 2. The van der Waals surface area contributed by atoms with E-state index in [-0.39, 0.29) is 18.9 Å². The number of halogens is 1. The Bertz CT molecular complexity index is 1430. The maximum atomic E-state index is 14.2. The predicted molar refractivity (Wildman–Crippen MR) is 164 cm³/mol. The average Bonchev–Trinajstić information content (AvgIpc) is 2.95. The first-order chi connectivity index (χ1) is 19.5. The molecule has 0 radical (unpaired) electrons. The van der Waals surface area contributed by atoms with Crippen molar-refractivity contribution in [2.24, 2.45) is 0 Å². The zero-order valence-corrected chi connectivity index (χ0v) is 25.5. The third kappa shape index (κ3) is 8.96. The Kier molecular flexibility index (Phi) is 11.6. The van der Waals surface area contributed by atoms with Crippen molar-refractivity contribution in [3.8, 4) is 5.75 Å². The van der Waals surface area contributed by atoms with E-state index in [2.05, 4.69) is 5.32 Å². The smallest absolute Gasteiger partial charge is 0.244 e. The summed E-state index contributed by atoms with van der Waals surface area (Å²) >= 11 is 6.30. The number of benzene rings is 3. The van der Waals surface area contributed by atoms with Crippen LogP contribution in [0.4, 0.5) is 5.69 Å². The highest BCUT2D eigenvalue weighted by atomic mass is 35.5. The number of carbonyl (C=O) groups is 2. The van der Waals surface area contributed by atoms with E-state index in [0.717, 1.165) is 34.5 Å². The molecule has 0 aromatic heterocycles. The second-order valence-electron chi connectivity index (χ2n) is 9.88. The SMILES string of the molecule is CCCCNC(=O)[C@@H](Cc1ccccc1)N(Cc1cccc(OC)c1)C(=O)CN(c1cccc(Cl)c1C)S(C)(=O)=O. The van der Waals surface area contributed by atoms with Gasteiger partial charge in [0, 0.05) is 24.5 Å². The number of nitrogens with one attached hydrogen (secondary N) is 1. The molecule has 0 unspecified atom stereocenters. The van der Waals surface area contributed by atoms with Crippen LogP contribution in [-0.2, 0) is 32.6 Å². The van der Waals surface area contributed by atoms with Crippen LogP contribution in [0.1, 0.15) is 36.5 Å². The molecule has 41 heavy (non-hydrogen) atoms. The van der Waals surface area contributed by atoms with Crippen LogP contribution in [0.25, 0.3) is 0 Å². The monoisotopic (exact) mass is 599 g/mol. The fourth-order valence-corrected chi connectivity index (χ4v) is 5.56. The molecule has 2 amide bonds. The van der Waals surface area contributed by atoms with Crippen molar-refractivity contribution in [3.05, 3.63) is 94.5 Å². The van der Waals surface area contributed by atoms with E-state index in [1.165, 1.54) is 4.90 Å². The number of carbonyl (C=O) groups excluding carboxylic acids is 2. The van der Waals surface area contributed by atoms with E-state index in [1.54, 1.807) is 44.4 Å². The normalized spacial score (nSPS) is 11.9. The Hall–Kier alpha value is -3.56. The Labute approximate surface area is 248 Å². The van der Waals surface area contributed by atoms with Gasteiger partial charge < -0.3 is 15.0 Å². The van der Waals surface area contributed by atoms with Crippen LogP contribution in [-0.4, -0.2) is 57.6 Å². The minimum Gasteiger partial charge on any atom is -0.497 e. The highest BCUT2D eigenvalue weighted by Gasteiger charge is 2.33. The van der Waals surface area contributed by atoms with E-state index in [1.807, 2.05) is 49.4 Å². The zero-order chi connectivity index (χ0) is 30.0. The molecule has 10 heteroatoms. The van der Waals surface area contributed by atoms with Gasteiger partial charge in [-0.25, -0.2) is 8.42 Å². The molecule has 1 N–H and O–H groups in total. The molecule has 0 spiro atoms. The van der Waals surface area contributed by atoms with Crippen LogP contribution in [0, 0.1) is 6.92 Å². The number of anilines is 1. The Morgan fingerprint density at radius 1 is 1.00 bits per heavy atom. The Morgan fingerprint density at radius 3 is 2.34 bits per heavy atom. The van der Waals surface area contributed by atoms with Crippen molar-refractivity contribution in [2.45, 2.75) is 45.7 Å². The lowest BCUT2D eigenvalue weighted by Crippen LogP contribution is -2.53. The van der Waals surface area contributed by atoms with Crippen LogP contribution in [0.3, 0.4) is 0 Å². The molecule has 0 saturated heterocycles. The van der Waals surface area contributed by atoms with Crippen LogP contribution in [0.15, 0.2) is 72.8 Å². The molecule has 0 saturated carbocycles. The molecule has 0 aliphatic carbocycles. The second-order valence-corrected chi connectivity index (χ2v) is 12.2. The quantitative estimate of drug-likeness (QED) is 0.264. The van der Waals surface area contributed by atoms with Crippen LogP contribution in [0.5, 0.6) is 5.75 Å². The molecule has 3 aromatic rings. The van der Waals surface area contributed by atoms with Crippen molar-refractivity contribution >= 4 is 39.1 Å². The van der Waals surface area contributed by atoms with Crippen LogP contribution < -0.4 is 14.4 Å². The van der Waals surface area contributed by atoms with Crippen LogP contribution >= 0.6 is 11.6 Å². The third-order valence-corrected chi connectivity index (χ3v) is 8.31. The first-order valence-corrected chi connectivity index (χ1v) is 15.7. The summed E-state index contributed by atoms with van der Waals surface area (Å²) < 4.78 is 32.4. The molecule has 0 fully saturated rings. The zero-order valence-electron chi connectivity index (χ0n) is 24.0. The number of nitrogens with zero attached hydrogens (tertiary/aromatic N) is 2. The largest absolute Gasteiger partial charge is 0.497 e. The summed E-state index contributed by atoms with van der Waals surface area (Å²) in [7, 11) is -2.33. The summed E-state index contributed by atoms with van der Waals surface area (Å²) in [5.41, 5.74) is 2.45. The van der Waals surface area contributed by atoms with E-state index < -0.39 is 28.5 Å². The third-order valence-electron chi connectivity index (χ3n) is 6.77. The number of sulfonamides is 1. The Balaban J connectivity index is 2.07. The number of hydrogen-bond acceptors (Lipinski definition) is 5. The van der Waals surface area contributed by atoms with Gasteiger partial charge in [-0.1, -0.05) is 73.5 Å². The molecular weight excluding hydrogens is 562 g/mol. The van der Waals surface area contributed by atoms with Gasteiger partial charge in [-0.05, 0) is 54.3 Å². The summed E-state index contributed by atoms with van der Waals surface area (Å²) in [5, 5.41) is 3.36. The predicted octanol–water partition coefficient (Wildman–Crippen LogP) is 4.98. The topological polar surface area (TPSA) is 96.0 Å². The standard InChI is InChI=1S/C31H38ClN3O5S/c1-5-6-18-33-31(37)29(20-24-12-8-7-9-13-24)34(21-25-14-10-15-26(19-25)40-3)30(36)22-35(41(4,38)39)28-17-11-16-27(32)23(28)2/h7-17,19,29H,5-6,18,20-22H2,1-4H3,(H,33,37)/t29-/m1/s1. The molecule has 0 bridgehead atoms. The van der Waals surface area contributed by atoms with E-state index >= 15 is 0 Å². The first-order valence-electron chi connectivity index (χ1n) is 13.5. The molecule has 3 aromatic carbocycles. The maximum Gasteiger partial charge on any atom is 0.244 e. The minimum atomic E-state index is -3.89. The summed E-state index contributed by atoms with van der Waals surface area (Å²) in [6.45, 7) is 3.77. The van der Waals surface area contributed by atoms with Crippen molar-refractivity contribution in [1.29, 1.82) is 0 Å². The van der Waals surface area contributed by atoms with Gasteiger partial charge in [-0.15, -0.1) is 0 Å². The highest BCUT2D eigenvalue weighted by Crippen LogP contribution is 2.29. The number of unbranched alkanes of at least 4 members (excludes halogenated alkanes) is 1. The number of hydrogen-bond donors (Lipinski definition) is 1. The van der Waals surface area contributed by atoms with Gasteiger partial charge in [0.1, 0.15) is 18.3 Å². The lowest BCUT2D eigenvalue weighted by molar-refractivity contribution is -0.140. The highest BCUT2D eigenvalue weighted by molar-refractivity contribution is 7.92. The summed E-state index contributed by atoms with van der Waals surface area (Å²) in [5.74, 6) is -0.221. The molecule has 0 aliphatic heterocycles. The first kappa shape index (κ1) is 32.0. The fourth-order valence-electron chi connectivity index (χ4n) is 4.49. The molecule has 0 heterocycles. The lowest BCUT2D eigenvalue weighted by atomic mass is 10.0.